The summed E-state index contributed by atoms with van der Waals surface area (Å²) in [5, 5.41) is 12.7. The number of carbonyl (C=O) groups excluding carboxylic acids is 1. The molecule has 0 radical (unpaired) electrons. The molecule has 9 nitrogen and oxygen atoms in total. The van der Waals surface area contributed by atoms with Gasteiger partial charge >= 0.3 is 12.2 Å². The zero-order chi connectivity index (χ0) is 28.6. The van der Waals surface area contributed by atoms with E-state index in [4.69, 9.17) is 14.5 Å². The number of amides is 2. The Morgan fingerprint density at radius 3 is 2.41 bits per heavy atom. The fourth-order valence-electron chi connectivity index (χ4n) is 3.96. The van der Waals surface area contributed by atoms with Crippen molar-refractivity contribution >= 4 is 31.3 Å². The lowest BCUT2D eigenvalue weighted by atomic mass is 10.1. The Kier molecular flexibility index (Phi) is 10.2. The molecule has 0 spiro atoms. The first kappa shape index (κ1) is 30.2. The standard InChI is InChI=1S/C29H42N4O5Si/c1-29(2,3)38-27(34)30-15-14-22-12-13-24-25(18-22)33(21-37-16-17-39(4,5)6)26(31-24)20-32(28(35)36)19-23-10-8-7-9-11-23/h7-13,18H,14-17,19-21H2,1-6H3,(H,30,34)(H,35,36). The van der Waals surface area contributed by atoms with Crippen LogP contribution in [0.5, 0.6) is 0 Å². The van der Waals surface area contributed by atoms with E-state index in [1.807, 2.05) is 73.9 Å². The molecule has 0 aliphatic carbocycles. The van der Waals surface area contributed by atoms with Crippen LogP contribution in [0.25, 0.3) is 11.0 Å². The van der Waals surface area contributed by atoms with E-state index in [1.54, 1.807) is 0 Å². The Morgan fingerprint density at radius 2 is 1.77 bits per heavy atom. The van der Waals surface area contributed by atoms with Gasteiger partial charge in [0, 0.05) is 27.8 Å². The number of rotatable bonds is 12. The van der Waals surface area contributed by atoms with E-state index in [9.17, 15) is 14.7 Å². The summed E-state index contributed by atoms with van der Waals surface area (Å²) in [7, 11) is -1.26. The molecular formula is C29H42N4O5Si. The van der Waals surface area contributed by atoms with Crippen molar-refractivity contribution in [1.82, 2.24) is 19.8 Å². The lowest BCUT2D eigenvalue weighted by Crippen LogP contribution is -2.33. The van der Waals surface area contributed by atoms with Crippen molar-refractivity contribution in [2.24, 2.45) is 0 Å². The average molecular weight is 555 g/mol. The van der Waals surface area contributed by atoms with Crippen LogP contribution >= 0.6 is 0 Å². The molecule has 2 aromatic carbocycles. The number of nitrogens with one attached hydrogen (secondary N) is 1. The Labute approximate surface area is 232 Å². The zero-order valence-electron chi connectivity index (χ0n) is 24.0. The molecule has 2 amide bonds. The highest BCUT2D eigenvalue weighted by Crippen LogP contribution is 2.21. The van der Waals surface area contributed by atoms with Gasteiger partial charge in [0.05, 0.1) is 17.6 Å². The number of benzene rings is 2. The minimum atomic E-state index is -1.26. The summed E-state index contributed by atoms with van der Waals surface area (Å²) >= 11 is 0. The number of nitrogens with zero attached hydrogens (tertiary/aromatic N) is 3. The van der Waals surface area contributed by atoms with Gasteiger partial charge in [-0.25, -0.2) is 14.6 Å². The number of carbonyl (C=O) groups is 2. The van der Waals surface area contributed by atoms with E-state index in [0.717, 1.165) is 28.2 Å². The number of fused-ring (bicyclic) bond motifs is 1. The lowest BCUT2D eigenvalue weighted by Gasteiger charge is -2.20. The minimum absolute atomic E-state index is 0.131. The molecule has 0 aliphatic rings. The van der Waals surface area contributed by atoms with E-state index in [1.165, 1.54) is 4.90 Å². The predicted octanol–water partition coefficient (Wildman–Crippen LogP) is 6.10. The van der Waals surface area contributed by atoms with E-state index in [-0.39, 0.29) is 19.8 Å². The van der Waals surface area contributed by atoms with Gasteiger partial charge in [-0.15, -0.1) is 0 Å². The Morgan fingerprint density at radius 1 is 1.05 bits per heavy atom. The molecule has 0 fully saturated rings. The van der Waals surface area contributed by atoms with Crippen molar-refractivity contribution in [3.05, 3.63) is 65.5 Å². The smallest absolute Gasteiger partial charge is 0.408 e. The highest BCUT2D eigenvalue weighted by molar-refractivity contribution is 6.76. The maximum absolute atomic E-state index is 12.1. The van der Waals surface area contributed by atoms with Crippen molar-refractivity contribution < 1.29 is 24.2 Å². The van der Waals surface area contributed by atoms with Crippen molar-refractivity contribution in [2.75, 3.05) is 13.2 Å². The second kappa shape index (κ2) is 13.1. The van der Waals surface area contributed by atoms with Crippen molar-refractivity contribution in [1.29, 1.82) is 0 Å². The van der Waals surface area contributed by atoms with Crippen LogP contribution in [0.1, 0.15) is 37.7 Å². The molecule has 0 atom stereocenters. The molecule has 0 saturated heterocycles. The highest BCUT2D eigenvalue weighted by Gasteiger charge is 2.20. The number of hydrogen-bond donors (Lipinski definition) is 2. The molecule has 3 rings (SSSR count). The molecule has 212 valence electrons. The maximum atomic E-state index is 12.1. The van der Waals surface area contributed by atoms with Crippen molar-refractivity contribution in [2.45, 2.75) is 78.3 Å². The Balaban J connectivity index is 1.81. The molecule has 0 aliphatic heterocycles. The van der Waals surface area contributed by atoms with Gasteiger partial charge in [0.25, 0.3) is 0 Å². The van der Waals surface area contributed by atoms with Gasteiger partial charge in [-0.3, -0.25) is 4.90 Å². The van der Waals surface area contributed by atoms with Crippen LogP contribution in [-0.4, -0.2) is 58.6 Å². The zero-order valence-corrected chi connectivity index (χ0v) is 25.0. The molecular weight excluding hydrogens is 512 g/mol. The van der Waals surface area contributed by atoms with Crippen LogP contribution in [0, 0.1) is 0 Å². The monoisotopic (exact) mass is 554 g/mol. The summed E-state index contributed by atoms with van der Waals surface area (Å²) in [5.41, 5.74) is 3.03. The molecule has 1 aromatic heterocycles. The first-order valence-electron chi connectivity index (χ1n) is 13.4. The van der Waals surface area contributed by atoms with Crippen LogP contribution < -0.4 is 5.32 Å². The van der Waals surface area contributed by atoms with Gasteiger partial charge in [0.1, 0.15) is 18.2 Å². The number of carboxylic acid groups (broad SMARTS) is 1. The summed E-state index contributed by atoms with van der Waals surface area (Å²) in [4.78, 5) is 30.3. The van der Waals surface area contributed by atoms with Crippen LogP contribution in [0.15, 0.2) is 48.5 Å². The van der Waals surface area contributed by atoms with E-state index >= 15 is 0 Å². The molecule has 3 aromatic rings. The molecule has 2 N–H and O–H groups in total. The second-order valence-corrected chi connectivity index (χ2v) is 17.6. The largest absolute Gasteiger partial charge is 0.465 e. The van der Waals surface area contributed by atoms with Crippen LogP contribution in [-0.2, 0) is 35.7 Å². The highest BCUT2D eigenvalue weighted by atomic mass is 28.3. The normalized spacial score (nSPS) is 11.9. The fraction of sp³-hybridized carbons (Fsp3) is 0.483. The molecule has 1 heterocycles. The quantitative estimate of drug-likeness (QED) is 0.207. The van der Waals surface area contributed by atoms with Gasteiger partial charge in [0.15, 0.2) is 0 Å². The summed E-state index contributed by atoms with van der Waals surface area (Å²) in [5.74, 6) is 0.625. The van der Waals surface area contributed by atoms with Crippen molar-refractivity contribution in [3.63, 3.8) is 0 Å². The SMILES string of the molecule is CC(C)(C)OC(=O)NCCc1ccc2nc(CN(Cc3ccccc3)C(=O)O)n(COCC[Si](C)(C)C)c2c1. The molecule has 0 unspecified atom stereocenters. The molecule has 0 bridgehead atoms. The van der Waals surface area contributed by atoms with Gasteiger partial charge in [0.2, 0.25) is 0 Å². The summed E-state index contributed by atoms with van der Waals surface area (Å²) < 4.78 is 13.4. The number of ether oxygens (including phenoxy) is 2. The van der Waals surface area contributed by atoms with E-state index in [0.29, 0.717) is 25.4 Å². The topological polar surface area (TPSA) is 106 Å². The maximum Gasteiger partial charge on any atom is 0.408 e. The van der Waals surface area contributed by atoms with Gasteiger partial charge in [-0.2, -0.15) is 0 Å². The van der Waals surface area contributed by atoms with Gasteiger partial charge in [-0.05, 0) is 56.5 Å². The first-order valence-corrected chi connectivity index (χ1v) is 17.1. The first-order chi connectivity index (χ1) is 18.3. The third kappa shape index (κ3) is 10.0. The second-order valence-electron chi connectivity index (χ2n) is 11.9. The predicted molar refractivity (Wildman–Crippen MR) is 155 cm³/mol. The van der Waals surface area contributed by atoms with Crippen LogP contribution in [0.4, 0.5) is 9.59 Å². The molecule has 0 saturated carbocycles. The molecule has 39 heavy (non-hydrogen) atoms. The minimum Gasteiger partial charge on any atom is -0.465 e. The van der Waals surface area contributed by atoms with E-state index < -0.39 is 25.9 Å². The Bertz CT molecular complexity index is 1250. The van der Waals surface area contributed by atoms with Crippen LogP contribution in [0.3, 0.4) is 0 Å². The van der Waals surface area contributed by atoms with Gasteiger partial charge in [-0.1, -0.05) is 56.0 Å². The third-order valence-corrected chi connectivity index (χ3v) is 7.71. The number of imidazole rings is 1. The summed E-state index contributed by atoms with van der Waals surface area (Å²) in [6, 6.07) is 16.5. The number of hydrogen-bond acceptors (Lipinski definition) is 5. The summed E-state index contributed by atoms with van der Waals surface area (Å²) in [6.45, 7) is 14.2. The van der Waals surface area contributed by atoms with Crippen LogP contribution in [0.2, 0.25) is 25.7 Å². The number of aromatic nitrogens is 2. The van der Waals surface area contributed by atoms with E-state index in [2.05, 4.69) is 25.0 Å². The Hall–Kier alpha value is -3.37. The fourth-order valence-corrected chi connectivity index (χ4v) is 4.72. The van der Waals surface area contributed by atoms with Crippen molar-refractivity contribution in [3.8, 4) is 0 Å². The third-order valence-electron chi connectivity index (χ3n) is 6.01. The molecule has 10 heteroatoms. The number of alkyl carbamates (subject to hydrolysis) is 1. The van der Waals surface area contributed by atoms with Gasteiger partial charge < -0.3 is 24.5 Å². The lowest BCUT2D eigenvalue weighted by molar-refractivity contribution is 0.0528. The average Bonchev–Trinajstić information content (AvgIpc) is 3.16. The summed E-state index contributed by atoms with van der Waals surface area (Å²) in [6.07, 6.45) is -0.841.